The standard InChI is InChI=1S/C24H33N3O2S/c1-2-20-12-14-21(15-13-20)26-16-18-27(19-17-26)24-11-7-6-10-23(24)25-30(28,29)22-8-4-3-5-9-22/h3-5,8-9,12-15,23-25H,2,6-7,10-11,16-19H2,1H3/t23-,24+/m1/s1. The van der Waals surface area contributed by atoms with Crippen LogP contribution in [0.5, 0.6) is 0 Å². The largest absolute Gasteiger partial charge is 0.369 e. The highest BCUT2D eigenvalue weighted by Gasteiger charge is 2.34. The lowest BCUT2D eigenvalue weighted by Crippen LogP contribution is -2.58. The molecule has 30 heavy (non-hydrogen) atoms. The van der Waals surface area contributed by atoms with E-state index < -0.39 is 10.0 Å². The second-order valence-electron chi connectivity index (χ2n) is 8.44. The lowest BCUT2D eigenvalue weighted by Gasteiger charge is -2.44. The van der Waals surface area contributed by atoms with Crippen LogP contribution in [-0.4, -0.2) is 51.6 Å². The molecule has 1 saturated carbocycles. The fraction of sp³-hybridized carbons (Fsp3) is 0.500. The summed E-state index contributed by atoms with van der Waals surface area (Å²) >= 11 is 0. The first-order valence-electron chi connectivity index (χ1n) is 11.2. The van der Waals surface area contributed by atoms with Gasteiger partial charge in [-0.1, -0.05) is 50.1 Å². The highest BCUT2D eigenvalue weighted by Crippen LogP contribution is 2.27. The van der Waals surface area contributed by atoms with Crippen molar-refractivity contribution in [2.24, 2.45) is 0 Å². The molecule has 0 bridgehead atoms. The third-order valence-electron chi connectivity index (χ3n) is 6.58. The smallest absolute Gasteiger partial charge is 0.240 e. The van der Waals surface area contributed by atoms with Gasteiger partial charge in [0.15, 0.2) is 0 Å². The van der Waals surface area contributed by atoms with Crippen molar-refractivity contribution in [2.45, 2.75) is 56.0 Å². The maximum Gasteiger partial charge on any atom is 0.240 e. The number of benzene rings is 2. The molecule has 2 aliphatic rings. The Balaban J connectivity index is 1.40. The molecular formula is C24H33N3O2S. The van der Waals surface area contributed by atoms with E-state index in [9.17, 15) is 8.42 Å². The van der Waals surface area contributed by atoms with Crippen molar-refractivity contribution in [3.8, 4) is 0 Å². The molecule has 1 aliphatic carbocycles. The predicted octanol–water partition coefficient (Wildman–Crippen LogP) is 3.66. The molecular weight excluding hydrogens is 394 g/mol. The van der Waals surface area contributed by atoms with Gasteiger partial charge in [-0.05, 0) is 49.1 Å². The van der Waals surface area contributed by atoms with Gasteiger partial charge in [0.1, 0.15) is 0 Å². The summed E-state index contributed by atoms with van der Waals surface area (Å²) in [6.45, 7) is 6.11. The highest BCUT2D eigenvalue weighted by molar-refractivity contribution is 7.89. The molecule has 1 N–H and O–H groups in total. The first-order valence-corrected chi connectivity index (χ1v) is 12.7. The summed E-state index contributed by atoms with van der Waals surface area (Å²) in [5, 5.41) is 0. The Labute approximate surface area is 181 Å². The van der Waals surface area contributed by atoms with Crippen LogP contribution in [0.4, 0.5) is 5.69 Å². The van der Waals surface area contributed by atoms with Gasteiger partial charge >= 0.3 is 0 Å². The van der Waals surface area contributed by atoms with Gasteiger partial charge in [-0.25, -0.2) is 13.1 Å². The lowest BCUT2D eigenvalue weighted by molar-refractivity contribution is 0.124. The number of aryl methyl sites for hydroxylation is 1. The third kappa shape index (κ3) is 4.88. The number of nitrogens with one attached hydrogen (secondary N) is 1. The van der Waals surface area contributed by atoms with Crippen LogP contribution in [0, 0.1) is 0 Å². The molecule has 2 aromatic rings. The molecule has 2 atom stereocenters. The zero-order valence-corrected chi connectivity index (χ0v) is 18.7. The molecule has 1 saturated heterocycles. The molecule has 0 spiro atoms. The normalized spacial score (nSPS) is 23.4. The summed E-state index contributed by atoms with van der Waals surface area (Å²) in [4.78, 5) is 5.31. The zero-order chi connectivity index (χ0) is 21.0. The molecule has 1 aliphatic heterocycles. The van der Waals surface area contributed by atoms with Crippen LogP contribution in [0.3, 0.4) is 0 Å². The van der Waals surface area contributed by atoms with E-state index in [2.05, 4.69) is 45.7 Å². The second-order valence-corrected chi connectivity index (χ2v) is 10.1. The molecule has 2 fully saturated rings. The van der Waals surface area contributed by atoms with Gasteiger partial charge in [-0.3, -0.25) is 4.90 Å². The highest BCUT2D eigenvalue weighted by atomic mass is 32.2. The van der Waals surface area contributed by atoms with Crippen molar-refractivity contribution in [1.82, 2.24) is 9.62 Å². The van der Waals surface area contributed by atoms with Gasteiger partial charge in [0, 0.05) is 44.0 Å². The second kappa shape index (κ2) is 9.50. The average molecular weight is 428 g/mol. The molecule has 2 aromatic carbocycles. The van der Waals surface area contributed by atoms with Crippen LogP contribution in [0.2, 0.25) is 0 Å². The van der Waals surface area contributed by atoms with Crippen molar-refractivity contribution in [3.05, 3.63) is 60.2 Å². The first kappa shape index (κ1) is 21.3. The quantitative estimate of drug-likeness (QED) is 0.764. The van der Waals surface area contributed by atoms with Crippen molar-refractivity contribution < 1.29 is 8.42 Å². The average Bonchev–Trinajstić information content (AvgIpc) is 2.80. The van der Waals surface area contributed by atoms with Crippen LogP contribution in [0.25, 0.3) is 0 Å². The van der Waals surface area contributed by atoms with Gasteiger partial charge < -0.3 is 4.90 Å². The van der Waals surface area contributed by atoms with Crippen LogP contribution in [0.15, 0.2) is 59.5 Å². The van der Waals surface area contributed by atoms with E-state index in [1.807, 2.05) is 6.07 Å². The fourth-order valence-corrected chi connectivity index (χ4v) is 6.13. The molecule has 0 aromatic heterocycles. The zero-order valence-electron chi connectivity index (χ0n) is 17.8. The van der Waals surface area contributed by atoms with Crippen molar-refractivity contribution in [1.29, 1.82) is 0 Å². The van der Waals surface area contributed by atoms with Gasteiger partial charge in [0.25, 0.3) is 0 Å². The number of nitrogens with zero attached hydrogens (tertiary/aromatic N) is 2. The van der Waals surface area contributed by atoms with Gasteiger partial charge in [-0.2, -0.15) is 0 Å². The number of rotatable bonds is 6. The van der Waals surface area contributed by atoms with E-state index >= 15 is 0 Å². The number of sulfonamides is 1. The van der Waals surface area contributed by atoms with Gasteiger partial charge in [-0.15, -0.1) is 0 Å². The number of hydrogen-bond donors (Lipinski definition) is 1. The van der Waals surface area contributed by atoms with Gasteiger partial charge in [0.05, 0.1) is 4.90 Å². The Morgan fingerprint density at radius 2 is 1.57 bits per heavy atom. The minimum Gasteiger partial charge on any atom is -0.369 e. The number of piperazine rings is 1. The van der Waals surface area contributed by atoms with Crippen molar-refractivity contribution in [3.63, 3.8) is 0 Å². The summed E-state index contributed by atoms with van der Waals surface area (Å²) in [7, 11) is -3.48. The summed E-state index contributed by atoms with van der Waals surface area (Å²) in [6, 6.07) is 17.9. The molecule has 162 valence electrons. The number of hydrogen-bond acceptors (Lipinski definition) is 4. The van der Waals surface area contributed by atoms with E-state index in [1.165, 1.54) is 17.7 Å². The summed E-state index contributed by atoms with van der Waals surface area (Å²) in [6.07, 6.45) is 5.30. The molecule has 6 heteroatoms. The molecule has 4 rings (SSSR count). The van der Waals surface area contributed by atoms with Crippen LogP contribution >= 0.6 is 0 Å². The first-order chi connectivity index (χ1) is 14.6. The summed E-state index contributed by atoms with van der Waals surface area (Å²) in [5.41, 5.74) is 2.66. The van der Waals surface area contributed by atoms with Crippen molar-refractivity contribution in [2.75, 3.05) is 31.1 Å². The van der Waals surface area contributed by atoms with Crippen LogP contribution in [-0.2, 0) is 16.4 Å². The predicted molar refractivity (Wildman–Crippen MR) is 122 cm³/mol. The molecule has 0 amide bonds. The monoisotopic (exact) mass is 427 g/mol. The lowest BCUT2D eigenvalue weighted by atomic mass is 9.89. The topological polar surface area (TPSA) is 52.6 Å². The Morgan fingerprint density at radius 3 is 2.23 bits per heavy atom. The molecule has 5 nitrogen and oxygen atoms in total. The van der Waals surface area contributed by atoms with E-state index in [0.29, 0.717) is 4.90 Å². The Morgan fingerprint density at radius 1 is 0.900 bits per heavy atom. The molecule has 0 radical (unpaired) electrons. The van der Waals surface area contributed by atoms with E-state index in [1.54, 1.807) is 24.3 Å². The van der Waals surface area contributed by atoms with Crippen molar-refractivity contribution >= 4 is 15.7 Å². The molecule has 1 heterocycles. The number of anilines is 1. The maximum atomic E-state index is 12.9. The fourth-order valence-electron chi connectivity index (χ4n) is 4.81. The van der Waals surface area contributed by atoms with Crippen LogP contribution in [0.1, 0.15) is 38.2 Å². The minimum absolute atomic E-state index is 0.0145. The third-order valence-corrected chi connectivity index (χ3v) is 8.09. The Bertz CT molecular complexity index is 907. The SMILES string of the molecule is CCc1ccc(N2CCN([C@H]3CCCC[C@H]3NS(=O)(=O)c3ccccc3)CC2)cc1. The van der Waals surface area contributed by atoms with E-state index in [-0.39, 0.29) is 12.1 Å². The Kier molecular flexibility index (Phi) is 6.76. The Hall–Kier alpha value is -1.89. The van der Waals surface area contributed by atoms with E-state index in [4.69, 9.17) is 0 Å². The maximum absolute atomic E-state index is 12.9. The minimum atomic E-state index is -3.48. The molecule has 0 unspecified atom stereocenters. The van der Waals surface area contributed by atoms with Gasteiger partial charge in [0.2, 0.25) is 10.0 Å². The van der Waals surface area contributed by atoms with E-state index in [0.717, 1.165) is 51.9 Å². The summed E-state index contributed by atoms with van der Waals surface area (Å²) < 4.78 is 28.8. The summed E-state index contributed by atoms with van der Waals surface area (Å²) in [5.74, 6) is 0. The van der Waals surface area contributed by atoms with Crippen LogP contribution < -0.4 is 9.62 Å².